The summed E-state index contributed by atoms with van der Waals surface area (Å²) in [6.45, 7) is 3.63. The van der Waals surface area contributed by atoms with E-state index < -0.39 is 5.60 Å². The molecule has 5 aliphatic carbocycles. The zero-order valence-electron chi connectivity index (χ0n) is 13.3. The van der Waals surface area contributed by atoms with Crippen molar-refractivity contribution in [2.24, 2.45) is 58.1 Å². The lowest BCUT2D eigenvalue weighted by atomic mass is 9.56. The number of hydrogen-bond acceptors (Lipinski definition) is 3. The molecule has 5 nitrogen and oxygen atoms in total. The summed E-state index contributed by atoms with van der Waals surface area (Å²) in [6.07, 6.45) is 2.81. The van der Waals surface area contributed by atoms with Gasteiger partial charge in [0.05, 0.1) is 25.4 Å². The Labute approximate surface area is 154 Å². The highest BCUT2D eigenvalue weighted by atomic mass is 127. The van der Waals surface area contributed by atoms with Crippen molar-refractivity contribution < 1.29 is 9.84 Å². The summed E-state index contributed by atoms with van der Waals surface area (Å²) in [5.74, 6) is 6.88. The van der Waals surface area contributed by atoms with Crippen LogP contribution in [0.2, 0.25) is 0 Å². The summed E-state index contributed by atoms with van der Waals surface area (Å²) >= 11 is 0. The molecule has 1 saturated heterocycles. The fourth-order valence-electron chi connectivity index (χ4n) is 8.04. The Morgan fingerprint density at radius 1 is 1.09 bits per heavy atom. The molecule has 6 aliphatic rings. The van der Waals surface area contributed by atoms with Gasteiger partial charge >= 0.3 is 0 Å². The lowest BCUT2D eigenvalue weighted by Gasteiger charge is -2.51. The number of guanidine groups is 1. The molecule has 1 heterocycles. The minimum Gasteiger partial charge on any atom is -0.387 e. The van der Waals surface area contributed by atoms with Gasteiger partial charge in [-0.05, 0) is 60.2 Å². The SMILES string of the molecule is I.NC(=NCC1(O)C2C3CC4C5C3CC2C5C41)N1CCOCC1. The van der Waals surface area contributed by atoms with Crippen molar-refractivity contribution in [3.63, 3.8) is 0 Å². The number of ether oxygens (including phenoxy) is 1. The molecule has 5 saturated carbocycles. The average Bonchev–Trinajstić information content (AvgIpc) is 3.04. The van der Waals surface area contributed by atoms with Gasteiger partial charge < -0.3 is 20.5 Å². The zero-order chi connectivity index (χ0) is 14.6. The molecule has 0 amide bonds. The first-order valence-corrected chi connectivity index (χ1v) is 9.05. The molecular weight excluding hydrogens is 405 g/mol. The van der Waals surface area contributed by atoms with Crippen molar-refractivity contribution in [3.05, 3.63) is 0 Å². The molecular formula is C17H26IN3O2. The van der Waals surface area contributed by atoms with Gasteiger partial charge in [-0.2, -0.15) is 0 Å². The van der Waals surface area contributed by atoms with E-state index >= 15 is 0 Å². The van der Waals surface area contributed by atoms with Gasteiger partial charge in [0.2, 0.25) is 0 Å². The van der Waals surface area contributed by atoms with E-state index in [0.717, 1.165) is 61.8 Å². The summed E-state index contributed by atoms with van der Waals surface area (Å²) in [5.41, 5.74) is 5.64. The van der Waals surface area contributed by atoms with Crippen LogP contribution in [0.5, 0.6) is 0 Å². The maximum absolute atomic E-state index is 11.5. The highest BCUT2D eigenvalue weighted by Gasteiger charge is 2.84. The first-order chi connectivity index (χ1) is 10.7. The van der Waals surface area contributed by atoms with E-state index in [2.05, 4.69) is 9.89 Å². The number of morpholine rings is 1. The Bertz CT molecular complexity index is 560. The van der Waals surface area contributed by atoms with Crippen molar-refractivity contribution in [1.82, 2.24) is 4.90 Å². The summed E-state index contributed by atoms with van der Waals surface area (Å²) in [6, 6.07) is 0. The molecule has 9 atom stereocenters. The van der Waals surface area contributed by atoms with E-state index in [1.165, 1.54) is 12.8 Å². The molecule has 2 bridgehead atoms. The van der Waals surface area contributed by atoms with Crippen LogP contribution >= 0.6 is 24.0 Å². The number of rotatable bonds is 2. The smallest absolute Gasteiger partial charge is 0.191 e. The van der Waals surface area contributed by atoms with E-state index in [4.69, 9.17) is 10.5 Å². The Balaban J connectivity index is 0.00000121. The number of halogens is 1. The topological polar surface area (TPSA) is 71.1 Å². The second-order valence-electron chi connectivity index (χ2n) is 8.60. The van der Waals surface area contributed by atoms with Crippen molar-refractivity contribution >= 4 is 29.9 Å². The summed E-state index contributed by atoms with van der Waals surface area (Å²) in [7, 11) is 0. The van der Waals surface area contributed by atoms with Crippen LogP contribution in [0.1, 0.15) is 12.8 Å². The molecule has 3 N–H and O–H groups in total. The zero-order valence-corrected chi connectivity index (χ0v) is 15.6. The molecule has 23 heavy (non-hydrogen) atoms. The normalized spacial score (nSPS) is 57.8. The van der Waals surface area contributed by atoms with Crippen LogP contribution < -0.4 is 5.73 Å². The molecule has 6 fully saturated rings. The van der Waals surface area contributed by atoms with E-state index in [9.17, 15) is 5.11 Å². The van der Waals surface area contributed by atoms with Crippen LogP contribution in [0.4, 0.5) is 0 Å². The molecule has 9 unspecified atom stereocenters. The Morgan fingerprint density at radius 3 is 2.57 bits per heavy atom. The Morgan fingerprint density at radius 2 is 1.78 bits per heavy atom. The number of hydrogen-bond donors (Lipinski definition) is 2. The molecule has 0 radical (unpaired) electrons. The Kier molecular flexibility index (Phi) is 3.14. The van der Waals surface area contributed by atoms with Gasteiger partial charge in [-0.15, -0.1) is 24.0 Å². The predicted molar refractivity (Wildman–Crippen MR) is 96.4 cm³/mol. The minimum absolute atomic E-state index is 0. The highest BCUT2D eigenvalue weighted by Crippen LogP contribution is 2.85. The van der Waals surface area contributed by atoms with E-state index in [1.54, 1.807) is 0 Å². The summed E-state index contributed by atoms with van der Waals surface area (Å²) in [5, 5.41) is 11.5. The monoisotopic (exact) mass is 431 g/mol. The van der Waals surface area contributed by atoms with Crippen LogP contribution in [0.25, 0.3) is 0 Å². The Hall–Kier alpha value is -0.0800. The van der Waals surface area contributed by atoms with Gasteiger partial charge in [0.25, 0.3) is 0 Å². The van der Waals surface area contributed by atoms with Gasteiger partial charge in [-0.25, -0.2) is 0 Å². The van der Waals surface area contributed by atoms with Crippen molar-refractivity contribution in [2.75, 3.05) is 32.8 Å². The van der Waals surface area contributed by atoms with E-state index in [0.29, 0.717) is 24.3 Å². The van der Waals surface area contributed by atoms with Gasteiger partial charge in [-0.1, -0.05) is 0 Å². The second kappa shape index (κ2) is 4.75. The number of aliphatic imine (C=N–C) groups is 1. The molecule has 1 aliphatic heterocycles. The minimum atomic E-state index is -0.540. The fourth-order valence-corrected chi connectivity index (χ4v) is 8.04. The molecule has 128 valence electrons. The van der Waals surface area contributed by atoms with Crippen LogP contribution in [0, 0.1) is 47.3 Å². The third kappa shape index (κ3) is 1.59. The lowest BCUT2D eigenvalue weighted by Crippen LogP contribution is -2.56. The highest BCUT2D eigenvalue weighted by molar-refractivity contribution is 14.0. The van der Waals surface area contributed by atoms with Gasteiger partial charge in [-0.3, -0.25) is 4.99 Å². The van der Waals surface area contributed by atoms with E-state index in [-0.39, 0.29) is 24.0 Å². The molecule has 0 aromatic heterocycles. The van der Waals surface area contributed by atoms with Crippen molar-refractivity contribution in [1.29, 1.82) is 0 Å². The van der Waals surface area contributed by atoms with E-state index in [1.807, 2.05) is 0 Å². The van der Waals surface area contributed by atoms with Gasteiger partial charge in [0, 0.05) is 13.1 Å². The standard InChI is InChI=1S/C17H25N3O2.HI/c18-16(20-1-3-22-4-2-20)19-7-17(21)14-9-6-10-12-8(9)5-11(14)13(12)15(10)17;/h8-15,21H,1-7H2,(H2,18,19);1H. The second-order valence-corrected chi connectivity index (χ2v) is 8.60. The number of nitrogens with zero attached hydrogens (tertiary/aromatic N) is 2. The molecule has 0 aromatic carbocycles. The maximum Gasteiger partial charge on any atom is 0.191 e. The van der Waals surface area contributed by atoms with Crippen LogP contribution in [0.15, 0.2) is 4.99 Å². The van der Waals surface area contributed by atoms with Crippen LogP contribution in [-0.4, -0.2) is 54.4 Å². The van der Waals surface area contributed by atoms with Crippen LogP contribution in [0.3, 0.4) is 0 Å². The number of nitrogens with two attached hydrogens (primary N) is 1. The van der Waals surface area contributed by atoms with Crippen molar-refractivity contribution in [2.45, 2.75) is 18.4 Å². The number of aliphatic hydroxyl groups is 1. The predicted octanol–water partition coefficient (Wildman–Crippen LogP) is 0.760. The first-order valence-electron chi connectivity index (χ1n) is 9.05. The van der Waals surface area contributed by atoms with Crippen molar-refractivity contribution in [3.8, 4) is 0 Å². The lowest BCUT2D eigenvalue weighted by molar-refractivity contribution is -0.123. The molecule has 0 aromatic rings. The molecule has 6 heteroatoms. The van der Waals surface area contributed by atoms with Gasteiger partial charge in [0.1, 0.15) is 0 Å². The molecule has 6 rings (SSSR count). The van der Waals surface area contributed by atoms with Gasteiger partial charge in [0.15, 0.2) is 5.96 Å². The maximum atomic E-state index is 11.5. The first kappa shape index (κ1) is 15.2. The average molecular weight is 431 g/mol. The summed E-state index contributed by atoms with van der Waals surface area (Å²) < 4.78 is 5.37. The third-order valence-corrected chi connectivity index (χ3v) is 8.35. The number of fused-ring (bicyclic) bond motifs is 2. The molecule has 0 spiro atoms. The fraction of sp³-hybridized carbons (Fsp3) is 0.941. The van der Waals surface area contributed by atoms with Crippen LogP contribution in [-0.2, 0) is 4.74 Å². The quantitative estimate of drug-likeness (QED) is 0.385. The third-order valence-electron chi connectivity index (χ3n) is 8.35. The summed E-state index contributed by atoms with van der Waals surface area (Å²) in [4.78, 5) is 6.76. The largest absolute Gasteiger partial charge is 0.387 e.